The molecule has 0 saturated heterocycles. The van der Waals surface area contributed by atoms with E-state index in [0.717, 1.165) is 16.8 Å². The summed E-state index contributed by atoms with van der Waals surface area (Å²) in [5.41, 5.74) is 2.42. The molecule has 2 aromatic heterocycles. The van der Waals surface area contributed by atoms with Crippen molar-refractivity contribution in [1.29, 1.82) is 0 Å². The van der Waals surface area contributed by atoms with E-state index in [1.807, 2.05) is 37.3 Å². The SMILES string of the molecule is CCc1c(-c2ccccc2)[nH]c2ncnn2c1=O. The molecule has 3 aromatic rings. The standard InChI is InChI=1S/C13H12N4O/c1-2-10-11(9-6-4-3-5-7-9)16-13-14-8-15-17(13)12(10)18/h3-8H,2H2,1H3,(H,14,15,16). The van der Waals surface area contributed by atoms with Gasteiger partial charge >= 0.3 is 0 Å². The second-order valence-corrected chi connectivity index (χ2v) is 4.00. The molecule has 0 radical (unpaired) electrons. The highest BCUT2D eigenvalue weighted by molar-refractivity contribution is 5.64. The Morgan fingerprint density at radius 2 is 2.06 bits per heavy atom. The smallest absolute Gasteiger partial charge is 0.279 e. The van der Waals surface area contributed by atoms with Crippen LogP contribution in [0.3, 0.4) is 0 Å². The lowest BCUT2D eigenvalue weighted by Gasteiger charge is -2.07. The van der Waals surface area contributed by atoms with Crippen molar-refractivity contribution in [3.63, 3.8) is 0 Å². The van der Waals surface area contributed by atoms with E-state index < -0.39 is 0 Å². The Morgan fingerprint density at radius 3 is 2.78 bits per heavy atom. The molecule has 2 heterocycles. The Kier molecular flexibility index (Phi) is 2.44. The van der Waals surface area contributed by atoms with Gasteiger partial charge in [0.15, 0.2) is 0 Å². The fourth-order valence-corrected chi connectivity index (χ4v) is 2.08. The summed E-state index contributed by atoms with van der Waals surface area (Å²) in [6, 6.07) is 9.78. The molecule has 18 heavy (non-hydrogen) atoms. The van der Waals surface area contributed by atoms with Crippen molar-refractivity contribution < 1.29 is 0 Å². The quantitative estimate of drug-likeness (QED) is 0.740. The number of H-pyrrole nitrogens is 1. The van der Waals surface area contributed by atoms with Crippen LogP contribution >= 0.6 is 0 Å². The molecule has 5 heteroatoms. The van der Waals surface area contributed by atoms with Crippen LogP contribution in [0.2, 0.25) is 0 Å². The van der Waals surface area contributed by atoms with Gasteiger partial charge in [0, 0.05) is 5.56 Å². The normalized spacial score (nSPS) is 10.9. The molecule has 90 valence electrons. The number of nitrogens with one attached hydrogen (secondary N) is 1. The van der Waals surface area contributed by atoms with Gasteiger partial charge in [-0.15, -0.1) is 0 Å². The zero-order valence-electron chi connectivity index (χ0n) is 9.92. The molecule has 0 unspecified atom stereocenters. The fraction of sp³-hybridized carbons (Fsp3) is 0.154. The Bertz CT molecular complexity index is 743. The molecular formula is C13H12N4O. The third kappa shape index (κ3) is 1.52. The molecule has 0 amide bonds. The molecule has 0 saturated carbocycles. The number of nitrogens with zero attached hydrogens (tertiary/aromatic N) is 3. The van der Waals surface area contributed by atoms with Crippen molar-refractivity contribution in [3.05, 3.63) is 52.6 Å². The van der Waals surface area contributed by atoms with Gasteiger partial charge in [0.05, 0.1) is 5.69 Å². The Hall–Kier alpha value is -2.43. The molecule has 0 aliphatic carbocycles. The Labute approximate surface area is 103 Å². The third-order valence-corrected chi connectivity index (χ3v) is 2.95. The first-order valence-electron chi connectivity index (χ1n) is 5.81. The van der Waals surface area contributed by atoms with Crippen LogP contribution in [-0.2, 0) is 6.42 Å². The van der Waals surface area contributed by atoms with Gasteiger partial charge in [0.2, 0.25) is 5.78 Å². The first kappa shape index (κ1) is 10.7. The highest BCUT2D eigenvalue weighted by atomic mass is 16.1. The average Bonchev–Trinajstić information content (AvgIpc) is 2.88. The lowest BCUT2D eigenvalue weighted by molar-refractivity contribution is 0.869. The van der Waals surface area contributed by atoms with E-state index in [1.54, 1.807) is 0 Å². The number of hydrogen-bond donors (Lipinski definition) is 1. The summed E-state index contributed by atoms with van der Waals surface area (Å²) < 4.78 is 1.30. The summed E-state index contributed by atoms with van der Waals surface area (Å²) in [4.78, 5) is 19.5. The molecule has 1 N–H and O–H groups in total. The average molecular weight is 240 g/mol. The van der Waals surface area contributed by atoms with Crippen LogP contribution in [0.15, 0.2) is 41.5 Å². The van der Waals surface area contributed by atoms with Gasteiger partial charge in [-0.05, 0) is 12.0 Å². The number of hydrogen-bond acceptors (Lipinski definition) is 3. The third-order valence-electron chi connectivity index (χ3n) is 2.95. The van der Waals surface area contributed by atoms with Gasteiger partial charge in [-0.25, -0.2) is 0 Å². The van der Waals surface area contributed by atoms with Crippen molar-refractivity contribution in [2.24, 2.45) is 0 Å². The monoisotopic (exact) mass is 240 g/mol. The van der Waals surface area contributed by atoms with Gasteiger partial charge in [-0.1, -0.05) is 37.3 Å². The molecule has 3 rings (SSSR count). The summed E-state index contributed by atoms with van der Waals surface area (Å²) in [6.07, 6.45) is 2.02. The lowest BCUT2D eigenvalue weighted by Crippen LogP contribution is -2.21. The minimum Gasteiger partial charge on any atom is -0.323 e. The number of aromatic amines is 1. The lowest BCUT2D eigenvalue weighted by atomic mass is 10.1. The number of benzene rings is 1. The predicted molar refractivity (Wildman–Crippen MR) is 68.4 cm³/mol. The Morgan fingerprint density at radius 1 is 1.28 bits per heavy atom. The molecule has 0 aliphatic rings. The van der Waals surface area contributed by atoms with Gasteiger partial charge in [-0.3, -0.25) is 4.79 Å². The fourth-order valence-electron chi connectivity index (χ4n) is 2.08. The van der Waals surface area contributed by atoms with Crippen LogP contribution < -0.4 is 5.56 Å². The van der Waals surface area contributed by atoms with E-state index in [-0.39, 0.29) is 5.56 Å². The van der Waals surface area contributed by atoms with Crippen LogP contribution in [0, 0.1) is 0 Å². The van der Waals surface area contributed by atoms with Gasteiger partial charge in [-0.2, -0.15) is 14.6 Å². The van der Waals surface area contributed by atoms with Crippen molar-refractivity contribution in [1.82, 2.24) is 19.6 Å². The first-order chi connectivity index (χ1) is 8.81. The van der Waals surface area contributed by atoms with E-state index in [2.05, 4.69) is 15.1 Å². The summed E-state index contributed by atoms with van der Waals surface area (Å²) in [6.45, 7) is 1.96. The van der Waals surface area contributed by atoms with Crippen LogP contribution in [-0.4, -0.2) is 19.6 Å². The van der Waals surface area contributed by atoms with Gasteiger partial charge in [0.1, 0.15) is 6.33 Å². The topological polar surface area (TPSA) is 63.1 Å². The maximum absolute atomic E-state index is 12.3. The minimum atomic E-state index is -0.109. The summed E-state index contributed by atoms with van der Waals surface area (Å²) in [5.74, 6) is 0.469. The maximum Gasteiger partial charge on any atom is 0.279 e. The van der Waals surface area contributed by atoms with E-state index in [9.17, 15) is 4.79 Å². The molecule has 5 nitrogen and oxygen atoms in total. The van der Waals surface area contributed by atoms with Crippen LogP contribution in [0.4, 0.5) is 0 Å². The largest absolute Gasteiger partial charge is 0.323 e. The molecule has 0 fully saturated rings. The zero-order chi connectivity index (χ0) is 12.5. The molecule has 1 aromatic carbocycles. The highest BCUT2D eigenvalue weighted by Crippen LogP contribution is 2.19. The zero-order valence-corrected chi connectivity index (χ0v) is 9.92. The molecule has 0 bridgehead atoms. The summed E-state index contributed by atoms with van der Waals surface area (Å²) in [7, 11) is 0. The number of aromatic nitrogens is 4. The van der Waals surface area contributed by atoms with Crippen LogP contribution in [0.5, 0.6) is 0 Å². The highest BCUT2D eigenvalue weighted by Gasteiger charge is 2.12. The van der Waals surface area contributed by atoms with Crippen molar-refractivity contribution >= 4 is 5.78 Å². The molecular weight excluding hydrogens is 228 g/mol. The molecule has 0 spiro atoms. The number of fused-ring (bicyclic) bond motifs is 1. The predicted octanol–water partition coefficient (Wildman–Crippen LogP) is 1.65. The van der Waals surface area contributed by atoms with E-state index in [1.165, 1.54) is 10.8 Å². The second-order valence-electron chi connectivity index (χ2n) is 4.00. The minimum absolute atomic E-state index is 0.109. The van der Waals surface area contributed by atoms with E-state index in [0.29, 0.717) is 12.2 Å². The van der Waals surface area contributed by atoms with Crippen LogP contribution in [0.25, 0.3) is 17.0 Å². The Balaban J connectivity index is 2.38. The van der Waals surface area contributed by atoms with Crippen molar-refractivity contribution in [2.75, 3.05) is 0 Å². The second kappa shape index (κ2) is 4.10. The summed E-state index contributed by atoms with van der Waals surface area (Å²) >= 11 is 0. The van der Waals surface area contributed by atoms with Crippen LogP contribution in [0.1, 0.15) is 12.5 Å². The van der Waals surface area contributed by atoms with Crippen molar-refractivity contribution in [2.45, 2.75) is 13.3 Å². The first-order valence-corrected chi connectivity index (χ1v) is 5.81. The maximum atomic E-state index is 12.3. The van der Waals surface area contributed by atoms with E-state index in [4.69, 9.17) is 0 Å². The van der Waals surface area contributed by atoms with Gasteiger partial charge in [0.25, 0.3) is 5.56 Å². The van der Waals surface area contributed by atoms with E-state index >= 15 is 0 Å². The number of rotatable bonds is 2. The van der Waals surface area contributed by atoms with Crippen molar-refractivity contribution in [3.8, 4) is 11.3 Å². The molecule has 0 aliphatic heterocycles. The summed E-state index contributed by atoms with van der Waals surface area (Å²) in [5, 5.41) is 3.92. The van der Waals surface area contributed by atoms with Gasteiger partial charge < -0.3 is 4.98 Å². The molecule has 0 atom stereocenters.